The number of rotatable bonds is 3. The molecule has 47 heavy (non-hydrogen) atoms. The minimum Gasteiger partial charge on any atom is -0.244 e. The predicted octanol–water partition coefficient (Wildman–Crippen LogP) is 11.9. The summed E-state index contributed by atoms with van der Waals surface area (Å²) in [6, 6.07) is 53.8. The number of thiophene rings is 1. The number of hydrogen-bond donors (Lipinski definition) is 0. The molecule has 0 amide bonds. The fraction of sp³-hybridized carbons (Fsp3) is 0. The van der Waals surface area contributed by atoms with E-state index in [0.717, 1.165) is 44.1 Å². The Balaban J connectivity index is 1.22. The normalized spacial score (nSPS) is 11.8. The maximum atomic E-state index is 5.33. The van der Waals surface area contributed by atoms with Crippen molar-refractivity contribution in [3.63, 3.8) is 0 Å². The van der Waals surface area contributed by atoms with Crippen molar-refractivity contribution in [1.29, 1.82) is 0 Å². The van der Waals surface area contributed by atoms with E-state index in [1.165, 1.54) is 47.5 Å². The molecular weight excluding hydrogens is 591 g/mol. The van der Waals surface area contributed by atoms with E-state index in [9.17, 15) is 0 Å². The third kappa shape index (κ3) is 4.23. The molecule has 3 nitrogen and oxygen atoms in total. The highest BCUT2D eigenvalue weighted by Crippen LogP contribution is 2.41. The van der Waals surface area contributed by atoms with Crippen LogP contribution in [0.4, 0.5) is 0 Å². The first-order valence-electron chi connectivity index (χ1n) is 15.8. The maximum absolute atomic E-state index is 5.33. The average Bonchev–Trinajstić information content (AvgIpc) is 3.51. The molecule has 4 heteroatoms. The van der Waals surface area contributed by atoms with Gasteiger partial charge in [-0.1, -0.05) is 109 Å². The van der Waals surface area contributed by atoms with Gasteiger partial charge in [-0.15, -0.1) is 11.3 Å². The number of pyridine rings is 1. The van der Waals surface area contributed by atoms with Crippen LogP contribution in [-0.2, 0) is 0 Å². The van der Waals surface area contributed by atoms with Gasteiger partial charge in [0.05, 0.1) is 16.7 Å². The summed E-state index contributed by atoms with van der Waals surface area (Å²) in [7, 11) is 0. The van der Waals surface area contributed by atoms with Crippen LogP contribution < -0.4 is 0 Å². The third-order valence-electron chi connectivity index (χ3n) is 9.23. The highest BCUT2D eigenvalue weighted by Gasteiger charge is 2.18. The van der Waals surface area contributed by atoms with Crippen molar-refractivity contribution in [3.8, 4) is 33.9 Å². The van der Waals surface area contributed by atoms with Crippen molar-refractivity contribution >= 4 is 74.9 Å². The molecule has 7 aromatic carbocycles. The Labute approximate surface area is 274 Å². The summed E-state index contributed by atoms with van der Waals surface area (Å²) in [4.78, 5) is 15.7. The predicted molar refractivity (Wildman–Crippen MR) is 199 cm³/mol. The molecule has 0 radical (unpaired) electrons. The Morgan fingerprint density at radius 3 is 1.83 bits per heavy atom. The van der Waals surface area contributed by atoms with Gasteiger partial charge in [0.25, 0.3) is 0 Å². The van der Waals surface area contributed by atoms with Crippen molar-refractivity contribution in [1.82, 2.24) is 15.0 Å². The Bertz CT molecular complexity index is 2850. The van der Waals surface area contributed by atoms with Gasteiger partial charge in [0, 0.05) is 41.9 Å². The van der Waals surface area contributed by atoms with E-state index in [0.29, 0.717) is 5.82 Å². The topological polar surface area (TPSA) is 38.7 Å². The van der Waals surface area contributed by atoms with Crippen LogP contribution in [0.15, 0.2) is 152 Å². The largest absolute Gasteiger partial charge is 0.244 e. The van der Waals surface area contributed by atoms with Gasteiger partial charge in [-0.2, -0.15) is 0 Å². The minimum absolute atomic E-state index is 0.632. The lowest BCUT2D eigenvalue weighted by atomic mass is 9.98. The van der Waals surface area contributed by atoms with E-state index in [1.807, 2.05) is 23.5 Å². The molecule has 3 heterocycles. The van der Waals surface area contributed by atoms with E-state index >= 15 is 0 Å². The lowest BCUT2D eigenvalue weighted by Crippen LogP contribution is -1.98. The monoisotopic (exact) mass is 615 g/mol. The Hall–Kier alpha value is -5.97. The molecule has 0 aliphatic heterocycles. The summed E-state index contributed by atoms with van der Waals surface area (Å²) in [6.07, 6.45) is 0. The summed E-state index contributed by atoms with van der Waals surface area (Å²) in [5, 5.41) is 9.26. The van der Waals surface area contributed by atoms with Gasteiger partial charge in [-0.05, 0) is 69.8 Å². The molecule has 10 aromatic rings. The molecule has 0 unspecified atom stereocenters. The Kier molecular flexibility index (Phi) is 5.74. The second kappa shape index (κ2) is 10.3. The molecule has 0 saturated carbocycles. The molecule has 0 aliphatic rings. The van der Waals surface area contributed by atoms with Crippen LogP contribution in [0.2, 0.25) is 0 Å². The first-order chi connectivity index (χ1) is 23.3. The summed E-state index contributed by atoms with van der Waals surface area (Å²) < 4.78 is 2.56. The number of benzene rings is 7. The van der Waals surface area contributed by atoms with Gasteiger partial charge >= 0.3 is 0 Å². The first kappa shape index (κ1) is 26.3. The molecule has 0 aliphatic carbocycles. The number of fused-ring (bicyclic) bond motifs is 8. The third-order valence-corrected chi connectivity index (χ3v) is 10.4. The fourth-order valence-electron chi connectivity index (χ4n) is 6.95. The summed E-state index contributed by atoms with van der Waals surface area (Å²) in [5.41, 5.74) is 7.03. The van der Waals surface area contributed by atoms with Crippen LogP contribution in [-0.4, -0.2) is 15.0 Å². The zero-order valence-corrected chi connectivity index (χ0v) is 26.0. The molecule has 0 fully saturated rings. The molecule has 0 saturated heterocycles. The quantitative estimate of drug-likeness (QED) is 0.186. The molecule has 10 rings (SSSR count). The SMILES string of the molecule is c1ccc(-c2ccc3cc(-c4nc(-c5nc6ccccc6c6cc7sc8ccccc8c7cc56)nc5ccccc45)ccc3c2)cc1. The van der Waals surface area contributed by atoms with Crippen LogP contribution >= 0.6 is 11.3 Å². The van der Waals surface area contributed by atoms with Crippen molar-refractivity contribution in [2.24, 2.45) is 0 Å². The van der Waals surface area contributed by atoms with Crippen molar-refractivity contribution in [3.05, 3.63) is 152 Å². The summed E-state index contributed by atoms with van der Waals surface area (Å²) in [5.74, 6) is 0.632. The number of aromatic nitrogens is 3. The zero-order chi connectivity index (χ0) is 30.9. The highest BCUT2D eigenvalue weighted by atomic mass is 32.1. The Morgan fingerprint density at radius 1 is 0.340 bits per heavy atom. The number of hydrogen-bond acceptors (Lipinski definition) is 4. The first-order valence-corrected chi connectivity index (χ1v) is 16.6. The second-order valence-corrected chi connectivity index (χ2v) is 13.1. The second-order valence-electron chi connectivity index (χ2n) is 12.0. The average molecular weight is 616 g/mol. The smallest absolute Gasteiger partial charge is 0.179 e. The van der Waals surface area contributed by atoms with E-state index < -0.39 is 0 Å². The van der Waals surface area contributed by atoms with E-state index in [4.69, 9.17) is 15.0 Å². The molecule has 0 N–H and O–H groups in total. The fourth-order valence-corrected chi connectivity index (χ4v) is 8.07. The van der Waals surface area contributed by atoms with Crippen LogP contribution in [0.5, 0.6) is 0 Å². The van der Waals surface area contributed by atoms with Gasteiger partial charge in [0.1, 0.15) is 5.69 Å². The van der Waals surface area contributed by atoms with E-state index in [-0.39, 0.29) is 0 Å². The van der Waals surface area contributed by atoms with Gasteiger partial charge in [-0.3, -0.25) is 0 Å². The van der Waals surface area contributed by atoms with Gasteiger partial charge in [0.2, 0.25) is 0 Å². The lowest BCUT2D eigenvalue weighted by Gasteiger charge is -2.13. The van der Waals surface area contributed by atoms with Crippen LogP contribution in [0, 0.1) is 0 Å². The molecule has 0 bridgehead atoms. The minimum atomic E-state index is 0.632. The Morgan fingerprint density at radius 2 is 1.00 bits per heavy atom. The van der Waals surface area contributed by atoms with Crippen molar-refractivity contribution in [2.75, 3.05) is 0 Å². The van der Waals surface area contributed by atoms with E-state index in [1.54, 1.807) is 0 Å². The maximum Gasteiger partial charge on any atom is 0.179 e. The summed E-state index contributed by atoms with van der Waals surface area (Å²) in [6.45, 7) is 0. The van der Waals surface area contributed by atoms with Crippen LogP contribution in [0.25, 0.3) is 97.4 Å². The molecule has 3 aromatic heterocycles. The van der Waals surface area contributed by atoms with Crippen molar-refractivity contribution < 1.29 is 0 Å². The van der Waals surface area contributed by atoms with Gasteiger partial charge in [-0.25, -0.2) is 15.0 Å². The number of para-hydroxylation sites is 2. The van der Waals surface area contributed by atoms with E-state index in [2.05, 4.69) is 140 Å². The van der Waals surface area contributed by atoms with Crippen LogP contribution in [0.1, 0.15) is 0 Å². The zero-order valence-electron chi connectivity index (χ0n) is 25.2. The van der Waals surface area contributed by atoms with Crippen molar-refractivity contribution in [2.45, 2.75) is 0 Å². The van der Waals surface area contributed by atoms with Gasteiger partial charge in [0.15, 0.2) is 5.82 Å². The molecule has 0 atom stereocenters. The molecular formula is C43H25N3S. The lowest BCUT2D eigenvalue weighted by molar-refractivity contribution is 1.20. The summed E-state index contributed by atoms with van der Waals surface area (Å²) >= 11 is 1.84. The highest BCUT2D eigenvalue weighted by molar-refractivity contribution is 7.25. The molecule has 0 spiro atoms. The number of nitrogens with zero attached hydrogens (tertiary/aromatic N) is 3. The standard InChI is InChI=1S/C43H25N3S/c1-2-10-26(11-3-1)27-18-19-29-23-30(21-20-28(29)22-27)41-33-14-5-8-16-38(33)45-43(46-41)42-36-24-35-32-13-6-9-17-39(32)47-40(35)25-34(36)31-12-4-7-15-37(31)44-42/h1-25H. The van der Waals surface area contributed by atoms with Crippen LogP contribution in [0.3, 0.4) is 0 Å². The molecule has 218 valence electrons. The van der Waals surface area contributed by atoms with Gasteiger partial charge < -0.3 is 0 Å².